The first-order chi connectivity index (χ1) is 10.5. The summed E-state index contributed by atoms with van der Waals surface area (Å²) < 4.78 is 5.70. The van der Waals surface area contributed by atoms with Crippen molar-refractivity contribution in [3.63, 3.8) is 0 Å². The van der Waals surface area contributed by atoms with Gasteiger partial charge in [0, 0.05) is 12.2 Å². The summed E-state index contributed by atoms with van der Waals surface area (Å²) >= 11 is 6.12. The minimum atomic E-state index is -0.347. The molecule has 0 spiro atoms. The van der Waals surface area contributed by atoms with Crippen LogP contribution in [0.1, 0.15) is 5.56 Å². The highest BCUT2D eigenvalue weighted by Gasteiger charge is 2.24. The van der Waals surface area contributed by atoms with E-state index in [0.717, 1.165) is 10.5 Å². The predicted octanol–water partition coefficient (Wildman–Crippen LogP) is 3.87. The van der Waals surface area contributed by atoms with E-state index in [1.54, 1.807) is 30.3 Å². The molecule has 1 heterocycles. The first kappa shape index (κ1) is 14.4. The predicted molar refractivity (Wildman–Crippen MR) is 84.3 cm³/mol. The second kappa shape index (κ2) is 5.66. The molecule has 2 aromatic carbocycles. The summed E-state index contributed by atoms with van der Waals surface area (Å²) in [6, 6.07) is 12.2. The van der Waals surface area contributed by atoms with Gasteiger partial charge in [-0.3, -0.25) is 9.59 Å². The van der Waals surface area contributed by atoms with Crippen molar-refractivity contribution < 1.29 is 14.3 Å². The standard InChI is InChI=1S/C17H12ClNO3/c1-11-2-7-15(14(18)10-11)22-13-5-3-12(4-6-13)19-16(20)8-9-17(19)21/h2-10H,1H3. The molecule has 2 amide bonds. The van der Waals surface area contributed by atoms with Crippen LogP contribution in [0, 0.1) is 6.92 Å². The molecular weight excluding hydrogens is 302 g/mol. The summed E-state index contributed by atoms with van der Waals surface area (Å²) in [7, 11) is 0. The van der Waals surface area contributed by atoms with Gasteiger partial charge < -0.3 is 4.74 Å². The Bertz CT molecular complexity index is 763. The van der Waals surface area contributed by atoms with Crippen LogP contribution in [-0.4, -0.2) is 11.8 Å². The highest BCUT2D eigenvalue weighted by Crippen LogP contribution is 2.31. The van der Waals surface area contributed by atoms with Crippen molar-refractivity contribution in [1.29, 1.82) is 0 Å². The molecule has 5 heteroatoms. The Kier molecular flexibility index (Phi) is 3.69. The zero-order valence-electron chi connectivity index (χ0n) is 11.7. The third-order valence-electron chi connectivity index (χ3n) is 3.22. The Morgan fingerprint density at radius 3 is 2.18 bits per heavy atom. The van der Waals surface area contributed by atoms with Gasteiger partial charge in [-0.25, -0.2) is 4.90 Å². The summed E-state index contributed by atoms with van der Waals surface area (Å²) in [6.45, 7) is 1.95. The van der Waals surface area contributed by atoms with E-state index in [1.165, 1.54) is 12.2 Å². The Labute approximate surface area is 132 Å². The summed E-state index contributed by atoms with van der Waals surface area (Å²) in [5.74, 6) is 0.428. The lowest BCUT2D eigenvalue weighted by molar-refractivity contribution is -0.119. The molecule has 0 unspecified atom stereocenters. The van der Waals surface area contributed by atoms with Crippen molar-refractivity contribution in [2.45, 2.75) is 6.92 Å². The maximum absolute atomic E-state index is 11.6. The summed E-state index contributed by atoms with van der Waals surface area (Å²) in [5, 5.41) is 0.526. The first-order valence-corrected chi connectivity index (χ1v) is 7.02. The Morgan fingerprint density at radius 2 is 1.59 bits per heavy atom. The monoisotopic (exact) mass is 313 g/mol. The fourth-order valence-electron chi connectivity index (χ4n) is 2.13. The second-order valence-corrected chi connectivity index (χ2v) is 5.28. The number of hydrogen-bond donors (Lipinski definition) is 0. The lowest BCUT2D eigenvalue weighted by atomic mass is 10.2. The average molecular weight is 314 g/mol. The largest absolute Gasteiger partial charge is 0.456 e. The number of anilines is 1. The number of benzene rings is 2. The van der Waals surface area contributed by atoms with Crippen LogP contribution in [0.3, 0.4) is 0 Å². The minimum Gasteiger partial charge on any atom is -0.456 e. The van der Waals surface area contributed by atoms with E-state index >= 15 is 0 Å². The van der Waals surface area contributed by atoms with E-state index in [4.69, 9.17) is 16.3 Å². The van der Waals surface area contributed by atoms with Gasteiger partial charge in [-0.05, 0) is 48.9 Å². The molecule has 110 valence electrons. The van der Waals surface area contributed by atoms with Gasteiger partial charge in [-0.1, -0.05) is 17.7 Å². The smallest absolute Gasteiger partial charge is 0.258 e. The van der Waals surface area contributed by atoms with Crippen molar-refractivity contribution in [2.24, 2.45) is 0 Å². The quantitative estimate of drug-likeness (QED) is 0.808. The molecule has 3 rings (SSSR count). The van der Waals surface area contributed by atoms with E-state index < -0.39 is 0 Å². The molecule has 0 saturated carbocycles. The number of halogens is 1. The molecule has 1 aliphatic rings. The molecule has 0 fully saturated rings. The van der Waals surface area contributed by atoms with Gasteiger partial charge >= 0.3 is 0 Å². The maximum atomic E-state index is 11.6. The first-order valence-electron chi connectivity index (χ1n) is 6.65. The molecule has 22 heavy (non-hydrogen) atoms. The molecule has 1 aliphatic heterocycles. The van der Waals surface area contributed by atoms with Gasteiger partial charge in [0.1, 0.15) is 11.5 Å². The lowest BCUT2D eigenvalue weighted by Crippen LogP contribution is -2.29. The number of hydrogen-bond acceptors (Lipinski definition) is 3. The fraction of sp³-hybridized carbons (Fsp3) is 0.0588. The van der Waals surface area contributed by atoms with Gasteiger partial charge in [0.05, 0.1) is 10.7 Å². The number of carbonyl (C=O) groups is 2. The number of imide groups is 1. The molecule has 0 atom stereocenters. The summed E-state index contributed by atoms with van der Waals surface area (Å²) in [6.07, 6.45) is 2.50. The number of aryl methyl sites for hydroxylation is 1. The highest BCUT2D eigenvalue weighted by atomic mass is 35.5. The van der Waals surface area contributed by atoms with Gasteiger partial charge in [0.2, 0.25) is 0 Å². The van der Waals surface area contributed by atoms with Gasteiger partial charge in [-0.2, -0.15) is 0 Å². The molecule has 0 bridgehead atoms. The van der Waals surface area contributed by atoms with Crippen LogP contribution in [-0.2, 0) is 9.59 Å². The third kappa shape index (κ3) is 2.73. The highest BCUT2D eigenvalue weighted by molar-refractivity contribution is 6.32. The maximum Gasteiger partial charge on any atom is 0.258 e. The molecule has 2 aromatic rings. The minimum absolute atomic E-state index is 0.347. The van der Waals surface area contributed by atoms with Gasteiger partial charge in [0.25, 0.3) is 11.8 Å². The fourth-order valence-corrected chi connectivity index (χ4v) is 2.41. The van der Waals surface area contributed by atoms with E-state index in [-0.39, 0.29) is 11.8 Å². The zero-order chi connectivity index (χ0) is 15.7. The number of carbonyl (C=O) groups excluding carboxylic acids is 2. The number of rotatable bonds is 3. The Hall–Kier alpha value is -2.59. The average Bonchev–Trinajstić information content (AvgIpc) is 2.82. The van der Waals surface area contributed by atoms with Crippen molar-refractivity contribution in [3.8, 4) is 11.5 Å². The van der Waals surface area contributed by atoms with Gasteiger partial charge in [-0.15, -0.1) is 0 Å². The number of nitrogens with zero attached hydrogens (tertiary/aromatic N) is 1. The van der Waals surface area contributed by atoms with Crippen LogP contribution in [0.2, 0.25) is 5.02 Å². The van der Waals surface area contributed by atoms with Crippen molar-refractivity contribution in [2.75, 3.05) is 4.90 Å². The molecule has 0 aromatic heterocycles. The van der Waals surface area contributed by atoms with Crippen molar-refractivity contribution in [3.05, 3.63) is 65.2 Å². The van der Waals surface area contributed by atoms with E-state index in [2.05, 4.69) is 0 Å². The normalized spacial score (nSPS) is 13.8. The topological polar surface area (TPSA) is 46.6 Å². The van der Waals surface area contributed by atoms with E-state index in [0.29, 0.717) is 22.2 Å². The molecule has 0 N–H and O–H groups in total. The Morgan fingerprint density at radius 1 is 0.955 bits per heavy atom. The van der Waals surface area contributed by atoms with Crippen LogP contribution in [0.25, 0.3) is 0 Å². The van der Waals surface area contributed by atoms with E-state index in [1.807, 2.05) is 19.1 Å². The van der Waals surface area contributed by atoms with Crippen LogP contribution >= 0.6 is 11.6 Å². The van der Waals surface area contributed by atoms with Crippen LogP contribution in [0.4, 0.5) is 5.69 Å². The summed E-state index contributed by atoms with van der Waals surface area (Å²) in [5.41, 5.74) is 1.55. The molecule has 0 saturated heterocycles. The Balaban J connectivity index is 1.80. The van der Waals surface area contributed by atoms with Gasteiger partial charge in [0.15, 0.2) is 0 Å². The summed E-state index contributed by atoms with van der Waals surface area (Å²) in [4.78, 5) is 24.3. The van der Waals surface area contributed by atoms with Crippen molar-refractivity contribution in [1.82, 2.24) is 0 Å². The van der Waals surface area contributed by atoms with Crippen molar-refractivity contribution >= 4 is 29.1 Å². The third-order valence-corrected chi connectivity index (χ3v) is 3.51. The molecule has 0 radical (unpaired) electrons. The zero-order valence-corrected chi connectivity index (χ0v) is 12.5. The lowest BCUT2D eigenvalue weighted by Gasteiger charge is -2.14. The van der Waals surface area contributed by atoms with Crippen LogP contribution < -0.4 is 9.64 Å². The number of ether oxygens (including phenoxy) is 1. The molecule has 4 nitrogen and oxygen atoms in total. The molecular formula is C17H12ClNO3. The van der Waals surface area contributed by atoms with E-state index in [9.17, 15) is 9.59 Å². The van der Waals surface area contributed by atoms with Crippen LogP contribution in [0.5, 0.6) is 11.5 Å². The van der Waals surface area contributed by atoms with Crippen LogP contribution in [0.15, 0.2) is 54.6 Å². The SMILES string of the molecule is Cc1ccc(Oc2ccc(N3C(=O)C=CC3=O)cc2)c(Cl)c1. The number of amides is 2. The second-order valence-electron chi connectivity index (χ2n) is 4.88. The molecule has 0 aliphatic carbocycles.